The van der Waals surface area contributed by atoms with Crippen molar-refractivity contribution in [3.8, 4) is 0 Å². The zero-order chi connectivity index (χ0) is 10.8. The first-order valence-electron chi connectivity index (χ1n) is 4.28. The lowest BCUT2D eigenvalue weighted by Crippen LogP contribution is -2.46. The van der Waals surface area contributed by atoms with Crippen molar-refractivity contribution in [2.75, 3.05) is 5.73 Å². The summed E-state index contributed by atoms with van der Waals surface area (Å²) in [6.45, 7) is 1.49. The molecule has 0 saturated carbocycles. The Balaban J connectivity index is 2.79. The van der Waals surface area contributed by atoms with Crippen LogP contribution >= 0.6 is 0 Å². The smallest absolute Gasteiger partial charge is 0.323 e. The molecule has 0 aliphatic rings. The van der Waals surface area contributed by atoms with E-state index in [1.54, 1.807) is 24.3 Å². The van der Waals surface area contributed by atoms with Gasteiger partial charge in [-0.05, 0) is 24.6 Å². The number of rotatable bonds is 3. The van der Waals surface area contributed by atoms with E-state index in [2.05, 4.69) is 0 Å². The standard InChI is InChI=1S/C10H14N2O2/c1-10(12,9(13)14)6-7-2-4-8(11)5-3-7/h2-5H,6,11-12H2,1H3,(H,13,14)/t10-/m1/s1. The molecule has 0 heterocycles. The second kappa shape index (κ2) is 3.67. The highest BCUT2D eigenvalue weighted by atomic mass is 16.4. The summed E-state index contributed by atoms with van der Waals surface area (Å²) in [5.41, 5.74) is 11.4. The molecule has 76 valence electrons. The normalized spacial score (nSPS) is 14.7. The molecular formula is C10H14N2O2. The van der Waals surface area contributed by atoms with Crippen LogP contribution in [0.5, 0.6) is 0 Å². The number of aliphatic carboxylic acids is 1. The molecule has 1 aromatic rings. The number of nitrogens with two attached hydrogens (primary N) is 2. The van der Waals surface area contributed by atoms with Crippen LogP contribution in [0.3, 0.4) is 0 Å². The number of carbonyl (C=O) groups is 1. The maximum Gasteiger partial charge on any atom is 0.323 e. The van der Waals surface area contributed by atoms with Gasteiger partial charge in [0.1, 0.15) is 5.54 Å². The van der Waals surface area contributed by atoms with Crippen molar-refractivity contribution in [1.29, 1.82) is 0 Å². The minimum atomic E-state index is -1.23. The van der Waals surface area contributed by atoms with Gasteiger partial charge in [0.05, 0.1) is 0 Å². The number of carboxylic acids is 1. The molecule has 0 radical (unpaired) electrons. The minimum Gasteiger partial charge on any atom is -0.480 e. The molecule has 1 aromatic carbocycles. The van der Waals surface area contributed by atoms with Crippen molar-refractivity contribution < 1.29 is 9.90 Å². The Morgan fingerprint density at radius 3 is 2.36 bits per heavy atom. The Morgan fingerprint density at radius 2 is 1.93 bits per heavy atom. The van der Waals surface area contributed by atoms with Gasteiger partial charge in [-0.25, -0.2) is 0 Å². The average Bonchev–Trinajstić information content (AvgIpc) is 2.08. The first-order valence-corrected chi connectivity index (χ1v) is 4.28. The molecule has 0 fully saturated rings. The molecule has 1 atom stereocenters. The number of anilines is 1. The second-order valence-corrected chi connectivity index (χ2v) is 3.64. The molecule has 14 heavy (non-hydrogen) atoms. The molecule has 0 unspecified atom stereocenters. The van der Waals surface area contributed by atoms with E-state index in [1.165, 1.54) is 6.92 Å². The van der Waals surface area contributed by atoms with E-state index < -0.39 is 11.5 Å². The lowest BCUT2D eigenvalue weighted by Gasteiger charge is -2.18. The first-order chi connectivity index (χ1) is 6.42. The molecule has 0 aliphatic carbocycles. The summed E-state index contributed by atoms with van der Waals surface area (Å²) in [6.07, 6.45) is 0.294. The lowest BCUT2D eigenvalue weighted by molar-refractivity contribution is -0.142. The van der Waals surface area contributed by atoms with Crippen LogP contribution in [0.2, 0.25) is 0 Å². The molecule has 1 rings (SSSR count). The summed E-state index contributed by atoms with van der Waals surface area (Å²) < 4.78 is 0. The third-order valence-corrected chi connectivity index (χ3v) is 2.04. The summed E-state index contributed by atoms with van der Waals surface area (Å²) >= 11 is 0. The molecule has 0 aromatic heterocycles. The van der Waals surface area contributed by atoms with Gasteiger partial charge in [-0.1, -0.05) is 12.1 Å². The van der Waals surface area contributed by atoms with Crippen LogP contribution in [0.25, 0.3) is 0 Å². The molecule has 4 nitrogen and oxygen atoms in total. The summed E-state index contributed by atoms with van der Waals surface area (Å²) in [5.74, 6) is -1.01. The van der Waals surface area contributed by atoms with Gasteiger partial charge in [-0.3, -0.25) is 4.79 Å². The van der Waals surface area contributed by atoms with Crippen LogP contribution in [0.1, 0.15) is 12.5 Å². The maximum atomic E-state index is 10.7. The van der Waals surface area contributed by atoms with Crippen LogP contribution in [-0.4, -0.2) is 16.6 Å². The van der Waals surface area contributed by atoms with Crippen molar-refractivity contribution in [2.45, 2.75) is 18.9 Å². The highest BCUT2D eigenvalue weighted by molar-refractivity contribution is 5.78. The zero-order valence-electron chi connectivity index (χ0n) is 8.03. The summed E-state index contributed by atoms with van der Waals surface area (Å²) in [7, 11) is 0. The van der Waals surface area contributed by atoms with Gasteiger partial charge >= 0.3 is 5.97 Å². The molecule has 0 bridgehead atoms. The average molecular weight is 194 g/mol. The molecule has 0 saturated heterocycles. The van der Waals surface area contributed by atoms with Gasteiger partial charge in [-0.15, -0.1) is 0 Å². The van der Waals surface area contributed by atoms with Crippen LogP contribution in [-0.2, 0) is 11.2 Å². The van der Waals surface area contributed by atoms with E-state index in [-0.39, 0.29) is 0 Å². The van der Waals surface area contributed by atoms with E-state index in [4.69, 9.17) is 16.6 Å². The SMILES string of the molecule is C[C@@](N)(Cc1ccc(N)cc1)C(=O)O. The van der Waals surface area contributed by atoms with E-state index in [1.807, 2.05) is 0 Å². The van der Waals surface area contributed by atoms with Crippen molar-refractivity contribution in [3.63, 3.8) is 0 Å². The fourth-order valence-corrected chi connectivity index (χ4v) is 1.14. The number of benzene rings is 1. The van der Waals surface area contributed by atoms with Crippen LogP contribution in [0.4, 0.5) is 5.69 Å². The van der Waals surface area contributed by atoms with Crippen LogP contribution < -0.4 is 11.5 Å². The van der Waals surface area contributed by atoms with Gasteiger partial charge in [0.2, 0.25) is 0 Å². The van der Waals surface area contributed by atoms with Crippen molar-refractivity contribution in [1.82, 2.24) is 0 Å². The highest BCUT2D eigenvalue weighted by Gasteiger charge is 2.27. The number of hydrogen-bond acceptors (Lipinski definition) is 3. The molecule has 0 aliphatic heterocycles. The molecule has 0 spiro atoms. The third-order valence-electron chi connectivity index (χ3n) is 2.04. The summed E-state index contributed by atoms with van der Waals surface area (Å²) in [6, 6.07) is 7.02. The molecular weight excluding hydrogens is 180 g/mol. The van der Waals surface area contributed by atoms with Crippen molar-refractivity contribution in [3.05, 3.63) is 29.8 Å². The fraction of sp³-hybridized carbons (Fsp3) is 0.300. The summed E-state index contributed by atoms with van der Waals surface area (Å²) in [5, 5.41) is 8.81. The predicted molar refractivity (Wildman–Crippen MR) is 54.8 cm³/mol. The van der Waals surface area contributed by atoms with Gasteiger partial charge in [0.25, 0.3) is 0 Å². The van der Waals surface area contributed by atoms with Gasteiger partial charge in [-0.2, -0.15) is 0 Å². The first kappa shape index (κ1) is 10.5. The fourth-order valence-electron chi connectivity index (χ4n) is 1.14. The Labute approximate surface area is 82.5 Å². The Morgan fingerprint density at radius 1 is 1.43 bits per heavy atom. The molecule has 0 amide bonds. The number of nitrogen functional groups attached to an aromatic ring is 1. The third kappa shape index (κ3) is 2.47. The number of hydrogen-bond donors (Lipinski definition) is 3. The van der Waals surface area contributed by atoms with Gasteiger partial charge in [0.15, 0.2) is 0 Å². The van der Waals surface area contributed by atoms with E-state index in [0.717, 1.165) is 5.56 Å². The zero-order valence-corrected chi connectivity index (χ0v) is 8.03. The molecule has 5 N–H and O–H groups in total. The maximum absolute atomic E-state index is 10.7. The monoisotopic (exact) mass is 194 g/mol. The van der Waals surface area contributed by atoms with Gasteiger partial charge < -0.3 is 16.6 Å². The Bertz CT molecular complexity index is 330. The van der Waals surface area contributed by atoms with E-state index >= 15 is 0 Å². The Kier molecular flexibility index (Phi) is 2.76. The van der Waals surface area contributed by atoms with E-state index in [9.17, 15) is 4.79 Å². The predicted octanol–water partition coefficient (Wildman–Crippen LogP) is 0.613. The largest absolute Gasteiger partial charge is 0.480 e. The minimum absolute atomic E-state index is 0.294. The van der Waals surface area contributed by atoms with Crippen molar-refractivity contribution in [2.24, 2.45) is 5.73 Å². The highest BCUT2D eigenvalue weighted by Crippen LogP contribution is 2.12. The number of carboxylic acid groups (broad SMARTS) is 1. The van der Waals surface area contributed by atoms with Crippen LogP contribution in [0, 0.1) is 0 Å². The quantitative estimate of drug-likeness (QED) is 0.615. The van der Waals surface area contributed by atoms with Gasteiger partial charge in [0, 0.05) is 12.1 Å². The van der Waals surface area contributed by atoms with Crippen LogP contribution in [0.15, 0.2) is 24.3 Å². The second-order valence-electron chi connectivity index (χ2n) is 3.64. The Hall–Kier alpha value is -1.55. The summed E-state index contributed by atoms with van der Waals surface area (Å²) in [4.78, 5) is 10.7. The van der Waals surface area contributed by atoms with E-state index in [0.29, 0.717) is 12.1 Å². The van der Waals surface area contributed by atoms with Crippen molar-refractivity contribution >= 4 is 11.7 Å². The topological polar surface area (TPSA) is 89.3 Å². The lowest BCUT2D eigenvalue weighted by atomic mass is 9.94. The molecule has 4 heteroatoms.